The molecule has 0 saturated heterocycles. The highest BCUT2D eigenvalue weighted by molar-refractivity contribution is 5.39. The Balaban J connectivity index is 2.25. The maximum Gasteiger partial charge on any atom is 0.161 e. The van der Waals surface area contributed by atoms with E-state index in [1.54, 1.807) is 7.11 Å². The molecule has 0 amide bonds. The molecule has 0 radical (unpaired) electrons. The SMILES string of the molecule is COc1ccccc1OCCCC(O)CC(C)C. The molecular formula is C15H24O3. The number of ether oxygens (including phenoxy) is 2. The maximum absolute atomic E-state index is 9.74. The molecule has 1 atom stereocenters. The van der Waals surface area contributed by atoms with Crippen LogP contribution in [0.25, 0.3) is 0 Å². The van der Waals surface area contributed by atoms with Crippen molar-refractivity contribution >= 4 is 0 Å². The molecule has 0 aliphatic heterocycles. The van der Waals surface area contributed by atoms with E-state index >= 15 is 0 Å². The lowest BCUT2D eigenvalue weighted by molar-refractivity contribution is 0.129. The molecule has 0 aliphatic rings. The van der Waals surface area contributed by atoms with E-state index in [1.807, 2.05) is 24.3 Å². The smallest absolute Gasteiger partial charge is 0.161 e. The van der Waals surface area contributed by atoms with Gasteiger partial charge in [-0.25, -0.2) is 0 Å². The van der Waals surface area contributed by atoms with E-state index in [9.17, 15) is 5.11 Å². The molecule has 1 unspecified atom stereocenters. The van der Waals surface area contributed by atoms with Gasteiger partial charge in [-0.1, -0.05) is 26.0 Å². The van der Waals surface area contributed by atoms with Crippen LogP contribution in [-0.4, -0.2) is 24.9 Å². The number of hydrogen-bond donors (Lipinski definition) is 1. The fourth-order valence-electron chi connectivity index (χ4n) is 1.90. The van der Waals surface area contributed by atoms with Crippen molar-refractivity contribution in [2.45, 2.75) is 39.2 Å². The first-order valence-corrected chi connectivity index (χ1v) is 6.57. The van der Waals surface area contributed by atoms with Crippen LogP contribution in [0.5, 0.6) is 11.5 Å². The summed E-state index contributed by atoms with van der Waals surface area (Å²) in [6.07, 6.45) is 2.28. The highest BCUT2D eigenvalue weighted by atomic mass is 16.5. The van der Waals surface area contributed by atoms with E-state index in [4.69, 9.17) is 9.47 Å². The van der Waals surface area contributed by atoms with Gasteiger partial charge in [0.1, 0.15) is 0 Å². The first-order valence-electron chi connectivity index (χ1n) is 6.57. The molecule has 0 bridgehead atoms. The van der Waals surface area contributed by atoms with Crippen LogP contribution in [0.3, 0.4) is 0 Å². The topological polar surface area (TPSA) is 38.7 Å². The molecule has 0 saturated carbocycles. The molecule has 0 aromatic heterocycles. The predicted octanol–water partition coefficient (Wildman–Crippen LogP) is 3.26. The van der Waals surface area contributed by atoms with Crippen molar-refractivity contribution in [1.82, 2.24) is 0 Å². The Labute approximate surface area is 110 Å². The number of para-hydroxylation sites is 2. The fourth-order valence-corrected chi connectivity index (χ4v) is 1.90. The minimum atomic E-state index is -0.216. The molecule has 3 nitrogen and oxygen atoms in total. The Morgan fingerprint density at radius 3 is 2.44 bits per heavy atom. The van der Waals surface area contributed by atoms with Crippen LogP contribution in [0.1, 0.15) is 33.1 Å². The van der Waals surface area contributed by atoms with Crippen molar-refractivity contribution in [1.29, 1.82) is 0 Å². The van der Waals surface area contributed by atoms with Crippen molar-refractivity contribution < 1.29 is 14.6 Å². The summed E-state index contributed by atoms with van der Waals surface area (Å²) in [6, 6.07) is 7.61. The first-order chi connectivity index (χ1) is 8.63. The number of aliphatic hydroxyl groups is 1. The summed E-state index contributed by atoms with van der Waals surface area (Å²) in [7, 11) is 1.63. The summed E-state index contributed by atoms with van der Waals surface area (Å²) >= 11 is 0. The summed E-state index contributed by atoms with van der Waals surface area (Å²) in [4.78, 5) is 0. The molecule has 3 heteroatoms. The normalized spacial score (nSPS) is 12.5. The van der Waals surface area contributed by atoms with Crippen LogP contribution in [0.2, 0.25) is 0 Å². The van der Waals surface area contributed by atoms with Gasteiger partial charge in [0.25, 0.3) is 0 Å². The molecule has 0 spiro atoms. The standard InChI is InChI=1S/C15H24O3/c1-12(2)11-13(16)7-6-10-18-15-9-5-4-8-14(15)17-3/h4-5,8-9,12-13,16H,6-7,10-11H2,1-3H3. The second-order valence-corrected chi connectivity index (χ2v) is 4.92. The van der Waals surface area contributed by atoms with Gasteiger partial charge in [-0.05, 0) is 37.3 Å². The second kappa shape index (κ2) is 7.98. The minimum Gasteiger partial charge on any atom is -0.493 e. The molecule has 102 valence electrons. The Morgan fingerprint density at radius 2 is 1.83 bits per heavy atom. The molecule has 0 heterocycles. The lowest BCUT2D eigenvalue weighted by atomic mass is 10.0. The van der Waals surface area contributed by atoms with Crippen LogP contribution in [0.15, 0.2) is 24.3 Å². The predicted molar refractivity (Wildman–Crippen MR) is 73.2 cm³/mol. The van der Waals surface area contributed by atoms with E-state index in [2.05, 4.69) is 13.8 Å². The minimum absolute atomic E-state index is 0.216. The highest BCUT2D eigenvalue weighted by Gasteiger charge is 2.07. The van der Waals surface area contributed by atoms with Gasteiger partial charge in [0.15, 0.2) is 11.5 Å². The molecule has 1 N–H and O–H groups in total. The molecule has 0 aliphatic carbocycles. The van der Waals surface area contributed by atoms with E-state index in [-0.39, 0.29) is 6.10 Å². The van der Waals surface area contributed by atoms with Crippen molar-refractivity contribution in [2.24, 2.45) is 5.92 Å². The zero-order valence-electron chi connectivity index (χ0n) is 11.6. The zero-order valence-corrected chi connectivity index (χ0v) is 11.6. The van der Waals surface area contributed by atoms with E-state index in [0.717, 1.165) is 30.8 Å². The number of aliphatic hydroxyl groups excluding tert-OH is 1. The van der Waals surface area contributed by atoms with E-state index < -0.39 is 0 Å². The third-order valence-corrected chi connectivity index (χ3v) is 2.75. The monoisotopic (exact) mass is 252 g/mol. The van der Waals surface area contributed by atoms with E-state index in [0.29, 0.717) is 12.5 Å². The van der Waals surface area contributed by atoms with Crippen molar-refractivity contribution in [3.8, 4) is 11.5 Å². The van der Waals surface area contributed by atoms with Crippen molar-refractivity contribution in [3.63, 3.8) is 0 Å². The average Bonchev–Trinajstić information content (AvgIpc) is 2.34. The molecule has 1 aromatic carbocycles. The quantitative estimate of drug-likeness (QED) is 0.722. The van der Waals surface area contributed by atoms with Crippen molar-refractivity contribution in [2.75, 3.05) is 13.7 Å². The summed E-state index contributed by atoms with van der Waals surface area (Å²) in [5, 5.41) is 9.74. The van der Waals surface area contributed by atoms with Gasteiger partial charge in [0.2, 0.25) is 0 Å². The lowest BCUT2D eigenvalue weighted by Crippen LogP contribution is -2.11. The van der Waals surface area contributed by atoms with Gasteiger partial charge in [0, 0.05) is 0 Å². The molecule has 1 aromatic rings. The van der Waals surface area contributed by atoms with Gasteiger partial charge < -0.3 is 14.6 Å². The number of benzene rings is 1. The van der Waals surface area contributed by atoms with Crippen LogP contribution in [-0.2, 0) is 0 Å². The largest absolute Gasteiger partial charge is 0.493 e. The Bertz CT molecular complexity index is 336. The number of methoxy groups -OCH3 is 1. The van der Waals surface area contributed by atoms with E-state index in [1.165, 1.54) is 0 Å². The fraction of sp³-hybridized carbons (Fsp3) is 0.600. The van der Waals surface area contributed by atoms with Crippen LogP contribution in [0, 0.1) is 5.92 Å². The summed E-state index contributed by atoms with van der Waals surface area (Å²) in [5.74, 6) is 2.05. The Morgan fingerprint density at radius 1 is 1.17 bits per heavy atom. The van der Waals surface area contributed by atoms with Gasteiger partial charge in [-0.2, -0.15) is 0 Å². The van der Waals surface area contributed by atoms with Crippen LogP contribution < -0.4 is 9.47 Å². The first kappa shape index (κ1) is 14.8. The third-order valence-electron chi connectivity index (χ3n) is 2.75. The molecule has 18 heavy (non-hydrogen) atoms. The van der Waals surface area contributed by atoms with Crippen LogP contribution in [0.4, 0.5) is 0 Å². The molecule has 1 rings (SSSR count). The molecular weight excluding hydrogens is 228 g/mol. The summed E-state index contributed by atoms with van der Waals surface area (Å²) < 4.78 is 10.8. The Kier molecular flexibility index (Phi) is 6.58. The molecule has 0 fully saturated rings. The van der Waals surface area contributed by atoms with Crippen molar-refractivity contribution in [3.05, 3.63) is 24.3 Å². The highest BCUT2D eigenvalue weighted by Crippen LogP contribution is 2.25. The zero-order chi connectivity index (χ0) is 13.4. The lowest BCUT2D eigenvalue weighted by Gasteiger charge is -2.14. The second-order valence-electron chi connectivity index (χ2n) is 4.92. The average molecular weight is 252 g/mol. The maximum atomic E-state index is 9.74. The third kappa shape index (κ3) is 5.41. The van der Waals surface area contributed by atoms with Crippen LogP contribution >= 0.6 is 0 Å². The summed E-state index contributed by atoms with van der Waals surface area (Å²) in [6.45, 7) is 4.85. The van der Waals surface area contributed by atoms with Gasteiger partial charge in [-0.15, -0.1) is 0 Å². The summed E-state index contributed by atoms with van der Waals surface area (Å²) in [5.41, 5.74) is 0. The number of hydrogen-bond acceptors (Lipinski definition) is 3. The van der Waals surface area contributed by atoms with Gasteiger partial charge >= 0.3 is 0 Å². The Hall–Kier alpha value is -1.22. The van der Waals surface area contributed by atoms with Gasteiger partial charge in [0.05, 0.1) is 19.8 Å². The number of rotatable bonds is 8. The van der Waals surface area contributed by atoms with Gasteiger partial charge in [-0.3, -0.25) is 0 Å².